The minimum absolute atomic E-state index is 0.0784. The molecule has 2 heterocycles. The van der Waals surface area contributed by atoms with Gasteiger partial charge in [0.2, 0.25) is 0 Å². The lowest BCUT2D eigenvalue weighted by Gasteiger charge is -2.64. The van der Waals surface area contributed by atoms with Crippen LogP contribution in [-0.4, -0.2) is 74.9 Å². The smallest absolute Gasteiger partial charge is 0.331 e. The van der Waals surface area contributed by atoms with Crippen molar-refractivity contribution in [2.24, 2.45) is 28.6 Å². The second-order valence-corrected chi connectivity index (χ2v) is 13.2. The first kappa shape index (κ1) is 26.7. The number of cyclic esters (lactones) is 1. The number of aliphatic hydroxyl groups excluding tert-OH is 2. The maximum Gasteiger partial charge on any atom is 0.331 e. The van der Waals surface area contributed by atoms with Gasteiger partial charge in [0.05, 0.1) is 41.0 Å². The van der Waals surface area contributed by atoms with E-state index < -0.39 is 46.6 Å². The molecule has 0 amide bonds. The molecule has 4 saturated carbocycles. The highest BCUT2D eigenvalue weighted by Gasteiger charge is 2.72. The molecule has 1 saturated heterocycles. The standard InChI is InChI=1S/C29H41NO8/c1-16-25(33)22(31)12-24(37-16)38-18-3-8-27(15-30)20-4-7-26(2)19(17-11-23(32)36-14-17)6-10-29(26,35)21(20)5-9-28(27,34)13-18/h11,16,18-22,24-25,31,33-35H,3-10,12-14H2,1-2H3/t16-,18+,19-,20-,21+,22+,24-,25-,26+,27-,28-,29-/m0/s1. The Morgan fingerprint density at radius 2 is 1.84 bits per heavy atom. The Morgan fingerprint density at radius 3 is 2.53 bits per heavy atom. The summed E-state index contributed by atoms with van der Waals surface area (Å²) in [5.74, 6) is -0.449. The highest BCUT2D eigenvalue weighted by molar-refractivity contribution is 5.85. The second kappa shape index (κ2) is 8.98. The molecule has 0 aromatic rings. The fourth-order valence-electron chi connectivity index (χ4n) is 9.69. The highest BCUT2D eigenvalue weighted by atomic mass is 16.7. The van der Waals surface area contributed by atoms with Gasteiger partial charge in [0.1, 0.15) is 12.7 Å². The third-order valence-electron chi connectivity index (χ3n) is 11.8. The summed E-state index contributed by atoms with van der Waals surface area (Å²) in [5.41, 5.74) is -2.59. The Hall–Kier alpha value is -1.54. The van der Waals surface area contributed by atoms with E-state index in [9.17, 15) is 30.5 Å². The number of hydrogen-bond donors (Lipinski definition) is 4. The predicted molar refractivity (Wildman–Crippen MR) is 133 cm³/mol. The van der Waals surface area contributed by atoms with Crippen molar-refractivity contribution in [3.63, 3.8) is 0 Å². The van der Waals surface area contributed by atoms with Crippen LogP contribution in [0.5, 0.6) is 0 Å². The topological polar surface area (TPSA) is 149 Å². The summed E-state index contributed by atoms with van der Waals surface area (Å²) < 4.78 is 17.2. The van der Waals surface area contributed by atoms with E-state index in [0.29, 0.717) is 45.1 Å². The molecule has 0 radical (unpaired) electrons. The molecule has 6 rings (SSSR count). The number of aliphatic hydroxyl groups is 4. The lowest BCUT2D eigenvalue weighted by Crippen LogP contribution is -2.68. The van der Waals surface area contributed by atoms with Crippen LogP contribution in [0.2, 0.25) is 0 Å². The van der Waals surface area contributed by atoms with Gasteiger partial charge in [0.15, 0.2) is 6.29 Å². The Balaban J connectivity index is 1.22. The van der Waals surface area contributed by atoms with Crippen LogP contribution in [0.4, 0.5) is 0 Å². The molecule has 0 aromatic heterocycles. The van der Waals surface area contributed by atoms with Crippen molar-refractivity contribution >= 4 is 5.97 Å². The zero-order chi connectivity index (χ0) is 27.1. The van der Waals surface area contributed by atoms with Crippen molar-refractivity contribution < 1.29 is 39.4 Å². The van der Waals surface area contributed by atoms with E-state index in [2.05, 4.69) is 13.0 Å². The molecule has 210 valence electrons. The summed E-state index contributed by atoms with van der Waals surface area (Å²) in [6, 6.07) is 2.59. The van der Waals surface area contributed by atoms with Gasteiger partial charge in [-0.3, -0.25) is 0 Å². The van der Waals surface area contributed by atoms with Crippen molar-refractivity contribution in [3.05, 3.63) is 11.6 Å². The van der Waals surface area contributed by atoms with Crippen molar-refractivity contribution in [2.45, 2.75) is 120 Å². The molecule has 4 aliphatic carbocycles. The summed E-state index contributed by atoms with van der Waals surface area (Å²) >= 11 is 0. The summed E-state index contributed by atoms with van der Waals surface area (Å²) in [7, 11) is 0. The van der Waals surface area contributed by atoms with E-state index in [1.807, 2.05) is 0 Å². The minimum atomic E-state index is -1.24. The Morgan fingerprint density at radius 1 is 1.08 bits per heavy atom. The minimum Gasteiger partial charge on any atom is -0.458 e. The van der Waals surface area contributed by atoms with E-state index in [0.717, 1.165) is 24.8 Å². The van der Waals surface area contributed by atoms with Crippen molar-refractivity contribution in [1.82, 2.24) is 0 Å². The quantitative estimate of drug-likeness (QED) is 0.317. The zero-order valence-corrected chi connectivity index (χ0v) is 22.3. The number of esters is 1. The number of nitrogens with zero attached hydrogens (tertiary/aromatic N) is 1. The first-order valence-electron chi connectivity index (χ1n) is 14.4. The third kappa shape index (κ3) is 3.60. The van der Waals surface area contributed by atoms with Crippen LogP contribution in [0.15, 0.2) is 11.6 Å². The largest absolute Gasteiger partial charge is 0.458 e. The lowest BCUT2D eigenvalue weighted by molar-refractivity contribution is -0.284. The molecule has 5 fully saturated rings. The molecule has 0 spiro atoms. The molecule has 0 bridgehead atoms. The number of ether oxygens (including phenoxy) is 3. The van der Waals surface area contributed by atoms with Crippen molar-refractivity contribution in [2.75, 3.05) is 6.61 Å². The fraction of sp³-hybridized carbons (Fsp3) is 0.862. The van der Waals surface area contributed by atoms with Gasteiger partial charge >= 0.3 is 5.97 Å². The van der Waals surface area contributed by atoms with Gasteiger partial charge in [-0.25, -0.2) is 4.79 Å². The molecular formula is C29H41NO8. The normalized spacial score (nSPS) is 54.2. The van der Waals surface area contributed by atoms with E-state index in [1.54, 1.807) is 13.0 Å². The molecule has 6 aliphatic rings. The lowest BCUT2D eigenvalue weighted by atomic mass is 9.41. The first-order valence-corrected chi connectivity index (χ1v) is 14.4. The highest BCUT2D eigenvalue weighted by Crippen LogP contribution is 2.70. The maximum atomic E-state index is 12.4. The van der Waals surface area contributed by atoms with E-state index >= 15 is 0 Å². The van der Waals surface area contributed by atoms with Gasteiger partial charge in [-0.05, 0) is 81.6 Å². The number of fused-ring (bicyclic) bond motifs is 5. The van der Waals surface area contributed by atoms with Crippen LogP contribution in [0.25, 0.3) is 0 Å². The van der Waals surface area contributed by atoms with Crippen LogP contribution < -0.4 is 0 Å². The van der Waals surface area contributed by atoms with Gasteiger partial charge in [-0.15, -0.1) is 0 Å². The molecule has 0 unspecified atom stereocenters. The number of carbonyl (C=O) groups excluding carboxylic acids is 1. The molecule has 0 aromatic carbocycles. The van der Waals surface area contributed by atoms with Crippen molar-refractivity contribution in [3.8, 4) is 6.07 Å². The van der Waals surface area contributed by atoms with Crippen molar-refractivity contribution in [1.29, 1.82) is 5.26 Å². The summed E-state index contributed by atoms with van der Waals surface area (Å²) in [6.45, 7) is 4.14. The molecule has 9 nitrogen and oxygen atoms in total. The average molecular weight is 532 g/mol. The summed E-state index contributed by atoms with van der Waals surface area (Å²) in [4.78, 5) is 11.8. The van der Waals surface area contributed by atoms with Gasteiger partial charge in [-0.2, -0.15) is 5.26 Å². The number of hydrogen-bond acceptors (Lipinski definition) is 9. The van der Waals surface area contributed by atoms with Gasteiger partial charge < -0.3 is 34.6 Å². The first-order chi connectivity index (χ1) is 18.0. The van der Waals surface area contributed by atoms with E-state index in [4.69, 9.17) is 14.2 Å². The number of carbonyl (C=O) groups is 1. The molecule has 2 aliphatic heterocycles. The Labute approximate surface area is 223 Å². The van der Waals surface area contributed by atoms with Crippen LogP contribution in [0.1, 0.15) is 78.1 Å². The fourth-order valence-corrected chi connectivity index (χ4v) is 9.69. The maximum absolute atomic E-state index is 12.4. The van der Waals surface area contributed by atoms with Gasteiger partial charge in [-0.1, -0.05) is 6.92 Å². The Bertz CT molecular complexity index is 1050. The van der Waals surface area contributed by atoms with Crippen LogP contribution >= 0.6 is 0 Å². The van der Waals surface area contributed by atoms with E-state index in [1.165, 1.54) is 0 Å². The van der Waals surface area contributed by atoms with Crippen LogP contribution in [0, 0.1) is 39.9 Å². The summed E-state index contributed by atoms with van der Waals surface area (Å²) in [5, 5.41) is 55.2. The number of rotatable bonds is 3. The second-order valence-electron chi connectivity index (χ2n) is 13.2. The monoisotopic (exact) mass is 531 g/mol. The Kier molecular flexibility index (Phi) is 6.31. The third-order valence-corrected chi connectivity index (χ3v) is 11.8. The predicted octanol–water partition coefficient (Wildman–Crippen LogP) is 2.10. The SMILES string of the molecule is C[C@@H]1O[C@@H](O[C@@H]2CC[C@]3(C#N)[C@H]4CC[C@]5(C)[C@H](C6=CC(=O)OC6)CC[C@]5(O)[C@@H]4CC[C@]3(O)C2)C[C@@H](O)[C@H]1O. The molecule has 12 atom stereocenters. The summed E-state index contributed by atoms with van der Waals surface area (Å²) in [6.07, 6.45) is 3.63. The molecule has 9 heteroatoms. The van der Waals surface area contributed by atoms with Crippen LogP contribution in [0.3, 0.4) is 0 Å². The van der Waals surface area contributed by atoms with Gasteiger partial charge in [0.25, 0.3) is 0 Å². The zero-order valence-electron chi connectivity index (χ0n) is 22.3. The molecule has 4 N–H and O–H groups in total. The number of nitriles is 1. The molecular weight excluding hydrogens is 490 g/mol. The average Bonchev–Trinajstić information content (AvgIpc) is 3.41. The van der Waals surface area contributed by atoms with E-state index in [-0.39, 0.29) is 36.2 Å². The van der Waals surface area contributed by atoms with Gasteiger partial charge in [0, 0.05) is 24.3 Å². The molecule has 38 heavy (non-hydrogen) atoms. The van der Waals surface area contributed by atoms with Crippen LogP contribution in [-0.2, 0) is 19.0 Å².